The molecule has 1 spiro atoms. The number of carbonyl (C=O) groups is 3. The van der Waals surface area contributed by atoms with Crippen LogP contribution in [0.1, 0.15) is 43.4 Å². The summed E-state index contributed by atoms with van der Waals surface area (Å²) in [4.78, 5) is 42.3. The van der Waals surface area contributed by atoms with E-state index < -0.39 is 23.4 Å². The van der Waals surface area contributed by atoms with Crippen LogP contribution in [0.15, 0.2) is 54.6 Å². The molecule has 2 heterocycles. The van der Waals surface area contributed by atoms with Crippen molar-refractivity contribution >= 4 is 34.4 Å². The predicted octanol–water partition coefficient (Wildman–Crippen LogP) is 4.22. The molecule has 2 fully saturated rings. The van der Waals surface area contributed by atoms with Crippen LogP contribution in [0.25, 0.3) is 10.9 Å². The lowest BCUT2D eigenvalue weighted by molar-refractivity contribution is -0.132. The van der Waals surface area contributed by atoms with E-state index in [2.05, 4.69) is 20.9 Å². The summed E-state index contributed by atoms with van der Waals surface area (Å²) in [6, 6.07) is 16.6. The standard InChI is InChI=1S/C27H28N4O4/c1-17-15-18(21-7-4-5-9-23(21)28-17)16-35-20-12-10-19(11-13-20)29-24(32)22-8-3-2-6-14-27(22)25(33)30-26(34)31-27/h4-5,7,9-13,15,22H,2-3,6,8,14,16H2,1H3,(H,29,32)(H2,30,31,33,34)/t22-,27-/m1/s1. The smallest absolute Gasteiger partial charge is 0.322 e. The van der Waals surface area contributed by atoms with E-state index in [1.165, 1.54) is 0 Å². The number of hydrogen-bond donors (Lipinski definition) is 3. The first-order chi connectivity index (χ1) is 16.9. The molecule has 2 aliphatic rings. The average Bonchev–Trinajstić information content (AvgIpc) is 2.99. The molecule has 1 saturated carbocycles. The Morgan fingerprint density at radius 1 is 1.11 bits per heavy atom. The predicted molar refractivity (Wildman–Crippen MR) is 132 cm³/mol. The Morgan fingerprint density at radius 2 is 1.91 bits per heavy atom. The second-order valence-corrected chi connectivity index (χ2v) is 9.27. The summed E-state index contributed by atoms with van der Waals surface area (Å²) in [6.45, 7) is 2.36. The van der Waals surface area contributed by atoms with Crippen molar-refractivity contribution in [2.45, 2.75) is 51.2 Å². The maximum Gasteiger partial charge on any atom is 0.322 e. The maximum atomic E-state index is 13.2. The summed E-state index contributed by atoms with van der Waals surface area (Å²) >= 11 is 0. The number of ether oxygens (including phenoxy) is 1. The molecule has 4 amide bonds. The number of benzene rings is 2. The number of anilines is 1. The van der Waals surface area contributed by atoms with Crippen LogP contribution in [0.5, 0.6) is 5.75 Å². The highest BCUT2D eigenvalue weighted by atomic mass is 16.5. The largest absolute Gasteiger partial charge is 0.489 e. The van der Waals surface area contributed by atoms with Crippen molar-refractivity contribution in [3.8, 4) is 5.75 Å². The molecule has 0 radical (unpaired) electrons. The van der Waals surface area contributed by atoms with Crippen molar-refractivity contribution in [1.29, 1.82) is 0 Å². The van der Waals surface area contributed by atoms with Gasteiger partial charge in [0.2, 0.25) is 5.91 Å². The highest BCUT2D eigenvalue weighted by Gasteiger charge is 2.54. The van der Waals surface area contributed by atoms with E-state index in [4.69, 9.17) is 4.74 Å². The number of nitrogens with zero attached hydrogens (tertiary/aromatic N) is 1. The minimum absolute atomic E-state index is 0.267. The zero-order valence-electron chi connectivity index (χ0n) is 19.6. The fourth-order valence-corrected chi connectivity index (χ4v) is 5.17. The van der Waals surface area contributed by atoms with Gasteiger partial charge in [0.1, 0.15) is 17.9 Å². The second kappa shape index (κ2) is 9.37. The number of nitrogens with one attached hydrogen (secondary N) is 3. The summed E-state index contributed by atoms with van der Waals surface area (Å²) in [5.74, 6) is -0.630. The highest BCUT2D eigenvalue weighted by Crippen LogP contribution is 2.36. The molecule has 3 aromatic rings. The van der Waals surface area contributed by atoms with Gasteiger partial charge in [-0.3, -0.25) is 19.9 Å². The number of para-hydroxylation sites is 1. The number of rotatable bonds is 5. The lowest BCUT2D eigenvalue weighted by atomic mass is 9.79. The summed E-state index contributed by atoms with van der Waals surface area (Å²) in [7, 11) is 0. The first-order valence-electron chi connectivity index (χ1n) is 12.0. The molecule has 1 aromatic heterocycles. The van der Waals surface area contributed by atoms with Gasteiger partial charge >= 0.3 is 6.03 Å². The Bertz CT molecular complexity index is 1290. The molecule has 5 rings (SSSR count). The van der Waals surface area contributed by atoms with Crippen LogP contribution >= 0.6 is 0 Å². The first kappa shape index (κ1) is 22.8. The summed E-state index contributed by atoms with van der Waals surface area (Å²) in [5, 5.41) is 9.05. The normalized spacial score (nSPS) is 21.9. The van der Waals surface area contributed by atoms with E-state index in [0.29, 0.717) is 30.9 Å². The molecule has 1 saturated heterocycles. The van der Waals surface area contributed by atoms with Gasteiger partial charge in [-0.25, -0.2) is 4.79 Å². The molecule has 2 atom stereocenters. The van der Waals surface area contributed by atoms with Crippen molar-refractivity contribution in [1.82, 2.24) is 15.6 Å². The molecule has 0 bridgehead atoms. The van der Waals surface area contributed by atoms with Crippen LogP contribution in [0.4, 0.5) is 10.5 Å². The van der Waals surface area contributed by atoms with Crippen LogP contribution in [0, 0.1) is 12.8 Å². The molecule has 8 nitrogen and oxygen atoms in total. The monoisotopic (exact) mass is 472 g/mol. The second-order valence-electron chi connectivity index (χ2n) is 9.27. The summed E-state index contributed by atoms with van der Waals surface area (Å²) < 4.78 is 6.01. The number of fused-ring (bicyclic) bond motifs is 1. The van der Waals surface area contributed by atoms with Crippen molar-refractivity contribution in [2.24, 2.45) is 5.92 Å². The van der Waals surface area contributed by atoms with Crippen molar-refractivity contribution in [3.63, 3.8) is 0 Å². The van der Waals surface area contributed by atoms with E-state index in [9.17, 15) is 14.4 Å². The van der Waals surface area contributed by atoms with Crippen molar-refractivity contribution in [2.75, 3.05) is 5.32 Å². The third-order valence-electron chi connectivity index (χ3n) is 6.89. The van der Waals surface area contributed by atoms with Crippen LogP contribution < -0.4 is 20.7 Å². The average molecular weight is 473 g/mol. The fraction of sp³-hybridized carbons (Fsp3) is 0.333. The topological polar surface area (TPSA) is 109 Å². The lowest BCUT2D eigenvalue weighted by Gasteiger charge is -2.32. The number of imide groups is 1. The summed E-state index contributed by atoms with van der Waals surface area (Å²) in [6.07, 6.45) is 3.54. The minimum Gasteiger partial charge on any atom is -0.489 e. The van der Waals surface area contributed by atoms with Crippen molar-refractivity contribution < 1.29 is 19.1 Å². The number of carbonyl (C=O) groups excluding carboxylic acids is 3. The molecule has 180 valence electrons. The lowest BCUT2D eigenvalue weighted by Crippen LogP contribution is -2.56. The zero-order valence-corrected chi connectivity index (χ0v) is 19.6. The molecule has 1 aliphatic heterocycles. The fourth-order valence-electron chi connectivity index (χ4n) is 5.17. The van der Waals surface area contributed by atoms with E-state index in [1.54, 1.807) is 24.3 Å². The molecule has 0 unspecified atom stereocenters. The number of urea groups is 1. The van der Waals surface area contributed by atoms with Gasteiger partial charge in [0.15, 0.2) is 0 Å². The SMILES string of the molecule is Cc1cc(COc2ccc(NC(=O)[C@H]3CCCCC[C@@]34NC(=O)NC4=O)cc2)c2ccccc2n1. The number of pyridine rings is 1. The van der Waals surface area contributed by atoms with Crippen molar-refractivity contribution in [3.05, 3.63) is 65.9 Å². The zero-order chi connectivity index (χ0) is 24.4. The Kier molecular flexibility index (Phi) is 6.11. The molecule has 1 aliphatic carbocycles. The number of aromatic nitrogens is 1. The van der Waals surface area contributed by atoms with Gasteiger partial charge in [-0.05, 0) is 56.2 Å². The van der Waals surface area contributed by atoms with Crippen LogP contribution in [-0.4, -0.2) is 28.4 Å². The van der Waals surface area contributed by atoms with E-state index in [-0.39, 0.29) is 5.91 Å². The van der Waals surface area contributed by atoms with Crippen LogP contribution in [0.2, 0.25) is 0 Å². The van der Waals surface area contributed by atoms with Crippen LogP contribution in [-0.2, 0) is 16.2 Å². The molecular formula is C27H28N4O4. The molecule has 2 aromatic carbocycles. The van der Waals surface area contributed by atoms with Crippen LogP contribution in [0.3, 0.4) is 0 Å². The first-order valence-corrected chi connectivity index (χ1v) is 12.0. The Hall–Kier alpha value is -3.94. The van der Waals surface area contributed by atoms with E-state index >= 15 is 0 Å². The molecule has 3 N–H and O–H groups in total. The third-order valence-corrected chi connectivity index (χ3v) is 6.89. The van der Waals surface area contributed by atoms with Gasteiger partial charge in [-0.1, -0.05) is 37.5 Å². The Morgan fingerprint density at radius 3 is 2.69 bits per heavy atom. The number of aryl methyl sites for hydroxylation is 1. The van der Waals surface area contributed by atoms with E-state index in [0.717, 1.165) is 41.4 Å². The number of amides is 4. The van der Waals surface area contributed by atoms with Gasteiger partial charge in [-0.15, -0.1) is 0 Å². The number of hydrogen-bond acceptors (Lipinski definition) is 5. The van der Waals surface area contributed by atoms with Gasteiger partial charge in [-0.2, -0.15) is 0 Å². The minimum atomic E-state index is -1.17. The Balaban J connectivity index is 1.27. The molecular weight excluding hydrogens is 444 g/mol. The van der Waals surface area contributed by atoms with E-state index in [1.807, 2.05) is 37.3 Å². The quantitative estimate of drug-likeness (QED) is 0.482. The summed E-state index contributed by atoms with van der Waals surface area (Å²) in [5.41, 5.74) is 2.36. The molecule has 8 heteroatoms. The maximum absolute atomic E-state index is 13.2. The van der Waals surface area contributed by atoms with Gasteiger partial charge in [0.25, 0.3) is 5.91 Å². The van der Waals surface area contributed by atoms with Gasteiger partial charge < -0.3 is 15.4 Å². The van der Waals surface area contributed by atoms with Gasteiger partial charge in [0, 0.05) is 22.3 Å². The Labute approximate surface area is 203 Å². The third kappa shape index (κ3) is 4.56. The molecule has 35 heavy (non-hydrogen) atoms. The highest BCUT2D eigenvalue weighted by molar-refractivity contribution is 6.10. The van der Waals surface area contributed by atoms with Gasteiger partial charge in [0.05, 0.1) is 11.4 Å².